The van der Waals surface area contributed by atoms with E-state index in [4.69, 9.17) is 0 Å². The summed E-state index contributed by atoms with van der Waals surface area (Å²) in [5, 5.41) is 9.36. The van der Waals surface area contributed by atoms with E-state index < -0.39 is 23.7 Å². The summed E-state index contributed by atoms with van der Waals surface area (Å²) in [6, 6.07) is 2.99. The highest BCUT2D eigenvalue weighted by atomic mass is 19.4. The molecule has 0 aliphatic rings. The second-order valence-corrected chi connectivity index (χ2v) is 5.13. The summed E-state index contributed by atoms with van der Waals surface area (Å²) >= 11 is 0. The quantitative estimate of drug-likeness (QED) is 0.908. The number of nitrogens with one attached hydrogen (secondary N) is 2. The van der Waals surface area contributed by atoms with Crippen molar-refractivity contribution in [1.29, 1.82) is 0 Å². The van der Waals surface area contributed by atoms with E-state index in [1.165, 1.54) is 25.3 Å². The Hall–Kier alpha value is -2.35. The summed E-state index contributed by atoms with van der Waals surface area (Å²) in [5.41, 5.74) is -0.0295. The predicted octanol–water partition coefficient (Wildman–Crippen LogP) is 2.65. The molecule has 0 aliphatic heterocycles. The van der Waals surface area contributed by atoms with Gasteiger partial charge in [-0.15, -0.1) is 0 Å². The summed E-state index contributed by atoms with van der Waals surface area (Å²) in [6.07, 6.45) is -1.27. The van der Waals surface area contributed by atoms with E-state index in [-0.39, 0.29) is 11.3 Å². The molecule has 1 atom stereocenters. The maximum absolute atomic E-state index is 12.9. The average Bonchev–Trinajstić information content (AvgIpc) is 2.87. The highest BCUT2D eigenvalue weighted by Gasteiger charge is 2.33. The number of anilines is 1. The van der Waals surface area contributed by atoms with Crippen LogP contribution in [0.15, 0.2) is 30.6 Å². The SMILES string of the molecule is CNC(C(=O)Nc1cccc(C(F)(F)F)c1C)c1cnn(C)c1. The van der Waals surface area contributed by atoms with Crippen LogP contribution in [0.25, 0.3) is 0 Å². The number of carbonyl (C=O) groups excluding carboxylic acids is 1. The van der Waals surface area contributed by atoms with E-state index in [0.717, 1.165) is 6.07 Å². The van der Waals surface area contributed by atoms with Gasteiger partial charge in [-0.05, 0) is 31.7 Å². The third-order valence-electron chi connectivity index (χ3n) is 3.51. The first-order chi connectivity index (χ1) is 10.7. The lowest BCUT2D eigenvalue weighted by Gasteiger charge is -2.18. The zero-order chi connectivity index (χ0) is 17.2. The second kappa shape index (κ2) is 6.41. The minimum atomic E-state index is -4.46. The first-order valence-electron chi connectivity index (χ1n) is 6.87. The van der Waals surface area contributed by atoms with Gasteiger partial charge in [0.1, 0.15) is 6.04 Å². The number of hydrogen-bond donors (Lipinski definition) is 2. The first kappa shape index (κ1) is 17.0. The Kier molecular flexibility index (Phi) is 4.74. The van der Waals surface area contributed by atoms with Gasteiger partial charge in [0.25, 0.3) is 0 Å². The number of likely N-dealkylation sites (N-methyl/N-ethyl adjacent to an activating group) is 1. The van der Waals surface area contributed by atoms with Crippen molar-refractivity contribution in [2.24, 2.45) is 7.05 Å². The Morgan fingerprint density at radius 3 is 2.57 bits per heavy atom. The third kappa shape index (κ3) is 3.70. The van der Waals surface area contributed by atoms with Crippen LogP contribution >= 0.6 is 0 Å². The molecule has 124 valence electrons. The molecule has 23 heavy (non-hydrogen) atoms. The number of rotatable bonds is 4. The van der Waals surface area contributed by atoms with Gasteiger partial charge in [-0.1, -0.05) is 6.07 Å². The van der Waals surface area contributed by atoms with Crippen LogP contribution in [-0.2, 0) is 18.0 Å². The van der Waals surface area contributed by atoms with Gasteiger partial charge < -0.3 is 10.6 Å². The lowest BCUT2D eigenvalue weighted by atomic mass is 10.1. The monoisotopic (exact) mass is 326 g/mol. The van der Waals surface area contributed by atoms with Crippen LogP contribution in [0.5, 0.6) is 0 Å². The van der Waals surface area contributed by atoms with Crippen LogP contribution < -0.4 is 10.6 Å². The number of benzene rings is 1. The molecule has 0 radical (unpaired) electrons. The Morgan fingerprint density at radius 2 is 2.04 bits per heavy atom. The van der Waals surface area contributed by atoms with E-state index >= 15 is 0 Å². The molecule has 0 spiro atoms. The largest absolute Gasteiger partial charge is 0.416 e. The molecule has 0 aliphatic carbocycles. The van der Waals surface area contributed by atoms with Crippen molar-refractivity contribution in [3.05, 3.63) is 47.3 Å². The van der Waals surface area contributed by atoms with Crippen LogP contribution in [0.2, 0.25) is 0 Å². The first-order valence-corrected chi connectivity index (χ1v) is 6.87. The molecular weight excluding hydrogens is 309 g/mol. The maximum Gasteiger partial charge on any atom is 0.416 e. The van der Waals surface area contributed by atoms with Crippen molar-refractivity contribution in [2.45, 2.75) is 19.1 Å². The summed E-state index contributed by atoms with van der Waals surface area (Å²) in [5.74, 6) is -0.456. The van der Waals surface area contributed by atoms with Crippen LogP contribution in [0, 0.1) is 6.92 Å². The standard InChI is InChI=1S/C15H17F3N4O/c1-9-11(15(16,17)18)5-4-6-12(9)21-14(23)13(19-2)10-7-20-22(3)8-10/h4-8,13,19H,1-3H3,(H,21,23). The molecule has 2 aromatic rings. The number of hydrogen-bond acceptors (Lipinski definition) is 3. The molecule has 0 saturated carbocycles. The van der Waals surface area contributed by atoms with E-state index in [0.29, 0.717) is 5.56 Å². The van der Waals surface area contributed by atoms with Gasteiger partial charge in [0.2, 0.25) is 5.91 Å². The van der Waals surface area contributed by atoms with Gasteiger partial charge in [0.05, 0.1) is 11.8 Å². The lowest BCUT2D eigenvalue weighted by molar-refractivity contribution is -0.138. The fourth-order valence-electron chi connectivity index (χ4n) is 2.32. The number of aryl methyl sites for hydroxylation is 1. The molecule has 1 aromatic heterocycles. The van der Waals surface area contributed by atoms with Crippen molar-refractivity contribution >= 4 is 11.6 Å². The normalized spacial score (nSPS) is 13.0. The Morgan fingerprint density at radius 1 is 1.35 bits per heavy atom. The van der Waals surface area contributed by atoms with Gasteiger partial charge >= 0.3 is 6.18 Å². The number of halogens is 3. The van der Waals surface area contributed by atoms with Crippen molar-refractivity contribution in [3.63, 3.8) is 0 Å². The predicted molar refractivity (Wildman–Crippen MR) is 79.8 cm³/mol. The lowest BCUT2D eigenvalue weighted by Crippen LogP contribution is -2.30. The molecule has 2 N–H and O–H groups in total. The van der Waals surface area contributed by atoms with Gasteiger partial charge in [-0.25, -0.2) is 0 Å². The highest BCUT2D eigenvalue weighted by molar-refractivity contribution is 5.96. The molecule has 0 saturated heterocycles. The zero-order valence-electron chi connectivity index (χ0n) is 12.9. The number of nitrogens with zero attached hydrogens (tertiary/aromatic N) is 2. The fourth-order valence-corrected chi connectivity index (χ4v) is 2.32. The third-order valence-corrected chi connectivity index (χ3v) is 3.51. The molecule has 0 fully saturated rings. The summed E-state index contributed by atoms with van der Waals surface area (Å²) in [7, 11) is 3.31. The number of alkyl halides is 3. The summed E-state index contributed by atoms with van der Waals surface area (Å²) in [6.45, 7) is 1.33. The van der Waals surface area contributed by atoms with Crippen LogP contribution in [0.3, 0.4) is 0 Å². The van der Waals surface area contributed by atoms with E-state index in [1.807, 2.05) is 0 Å². The highest BCUT2D eigenvalue weighted by Crippen LogP contribution is 2.34. The fraction of sp³-hybridized carbons (Fsp3) is 0.333. The minimum Gasteiger partial charge on any atom is -0.324 e. The minimum absolute atomic E-state index is 0.0191. The van der Waals surface area contributed by atoms with E-state index in [2.05, 4.69) is 15.7 Å². The summed E-state index contributed by atoms with van der Waals surface area (Å²) in [4.78, 5) is 12.4. The van der Waals surface area contributed by atoms with Gasteiger partial charge in [0.15, 0.2) is 0 Å². The number of amides is 1. The van der Waals surface area contributed by atoms with Gasteiger partial charge in [0, 0.05) is 24.5 Å². The Balaban J connectivity index is 2.26. The van der Waals surface area contributed by atoms with Crippen molar-refractivity contribution in [2.75, 3.05) is 12.4 Å². The topological polar surface area (TPSA) is 59.0 Å². The molecule has 1 amide bonds. The smallest absolute Gasteiger partial charge is 0.324 e. The summed E-state index contributed by atoms with van der Waals surface area (Å²) < 4.78 is 40.3. The van der Waals surface area contributed by atoms with Crippen molar-refractivity contribution < 1.29 is 18.0 Å². The van der Waals surface area contributed by atoms with E-state index in [1.54, 1.807) is 25.0 Å². The molecule has 8 heteroatoms. The number of aromatic nitrogens is 2. The van der Waals surface area contributed by atoms with Gasteiger partial charge in [-0.2, -0.15) is 18.3 Å². The Labute approximate surface area is 131 Å². The van der Waals surface area contributed by atoms with Crippen LogP contribution in [0.4, 0.5) is 18.9 Å². The maximum atomic E-state index is 12.9. The van der Waals surface area contributed by atoms with Crippen molar-refractivity contribution in [3.8, 4) is 0 Å². The molecule has 5 nitrogen and oxygen atoms in total. The Bertz CT molecular complexity index is 709. The van der Waals surface area contributed by atoms with E-state index in [9.17, 15) is 18.0 Å². The van der Waals surface area contributed by atoms with Crippen LogP contribution in [0.1, 0.15) is 22.7 Å². The zero-order valence-corrected chi connectivity index (χ0v) is 12.9. The molecule has 2 rings (SSSR count). The molecule has 0 bridgehead atoms. The molecule has 1 heterocycles. The molecule has 1 unspecified atom stereocenters. The number of carbonyl (C=O) groups is 1. The molecular formula is C15H17F3N4O. The molecule has 1 aromatic carbocycles. The second-order valence-electron chi connectivity index (χ2n) is 5.13. The van der Waals surface area contributed by atoms with Gasteiger partial charge in [-0.3, -0.25) is 9.48 Å². The average molecular weight is 326 g/mol. The van der Waals surface area contributed by atoms with Crippen molar-refractivity contribution in [1.82, 2.24) is 15.1 Å². The van der Waals surface area contributed by atoms with Crippen LogP contribution in [-0.4, -0.2) is 22.7 Å².